The van der Waals surface area contributed by atoms with Gasteiger partial charge in [0, 0.05) is 18.5 Å². The van der Waals surface area contributed by atoms with Crippen molar-refractivity contribution in [1.29, 1.82) is 0 Å². The molecule has 0 radical (unpaired) electrons. The maximum atomic E-state index is 11.9. The molecule has 3 nitrogen and oxygen atoms in total. The molecule has 2 rings (SSSR count). The van der Waals surface area contributed by atoms with Gasteiger partial charge in [-0.05, 0) is 25.5 Å². The second-order valence-corrected chi connectivity index (χ2v) is 4.83. The maximum absolute atomic E-state index is 11.9. The topological polar surface area (TPSA) is 38.3 Å². The van der Waals surface area contributed by atoms with Gasteiger partial charge in [0.05, 0.1) is 5.56 Å². The van der Waals surface area contributed by atoms with Gasteiger partial charge in [0.15, 0.2) is 0 Å². The minimum atomic E-state index is -0.212. The predicted molar refractivity (Wildman–Crippen MR) is 66.9 cm³/mol. The van der Waals surface area contributed by atoms with Crippen LogP contribution in [0.25, 0.3) is 0 Å². The molecule has 1 fully saturated rings. The Hall–Kier alpha value is -1.35. The molecule has 17 heavy (non-hydrogen) atoms. The van der Waals surface area contributed by atoms with Crippen LogP contribution in [0, 0.1) is 5.92 Å². The van der Waals surface area contributed by atoms with E-state index in [0.29, 0.717) is 17.5 Å². The van der Waals surface area contributed by atoms with E-state index in [0.717, 1.165) is 13.0 Å². The molecule has 0 saturated carbocycles. The molecule has 3 atom stereocenters. The summed E-state index contributed by atoms with van der Waals surface area (Å²) >= 11 is 0. The van der Waals surface area contributed by atoms with Gasteiger partial charge in [-0.15, -0.1) is 0 Å². The fourth-order valence-corrected chi connectivity index (χ4v) is 2.13. The largest absolute Gasteiger partial charge is 0.458 e. The molecule has 1 aromatic rings. The van der Waals surface area contributed by atoms with Crippen molar-refractivity contribution in [3.63, 3.8) is 0 Å². The summed E-state index contributed by atoms with van der Waals surface area (Å²) in [6.45, 7) is 5.14. The van der Waals surface area contributed by atoms with Crippen molar-refractivity contribution < 1.29 is 9.53 Å². The normalized spacial score (nSPS) is 28.7. The summed E-state index contributed by atoms with van der Waals surface area (Å²) < 4.78 is 5.58. The zero-order valence-corrected chi connectivity index (χ0v) is 10.3. The number of benzene rings is 1. The van der Waals surface area contributed by atoms with E-state index < -0.39 is 0 Å². The Morgan fingerprint density at radius 2 is 2.00 bits per heavy atom. The van der Waals surface area contributed by atoms with Crippen molar-refractivity contribution in [1.82, 2.24) is 5.32 Å². The molecule has 0 bridgehead atoms. The van der Waals surface area contributed by atoms with Crippen LogP contribution in [0.5, 0.6) is 0 Å². The molecule has 0 aromatic heterocycles. The van der Waals surface area contributed by atoms with Crippen LogP contribution in [-0.4, -0.2) is 24.7 Å². The van der Waals surface area contributed by atoms with E-state index in [1.807, 2.05) is 18.2 Å². The van der Waals surface area contributed by atoms with Gasteiger partial charge < -0.3 is 10.1 Å². The van der Waals surface area contributed by atoms with Gasteiger partial charge in [-0.2, -0.15) is 0 Å². The highest BCUT2D eigenvalue weighted by Gasteiger charge is 2.28. The van der Waals surface area contributed by atoms with Crippen LogP contribution in [0.2, 0.25) is 0 Å². The van der Waals surface area contributed by atoms with E-state index in [4.69, 9.17) is 4.74 Å². The zero-order valence-electron chi connectivity index (χ0n) is 10.3. The third-order valence-electron chi connectivity index (χ3n) is 3.28. The summed E-state index contributed by atoms with van der Waals surface area (Å²) in [5, 5.41) is 3.38. The van der Waals surface area contributed by atoms with Crippen molar-refractivity contribution >= 4 is 5.97 Å². The molecule has 1 saturated heterocycles. The Morgan fingerprint density at radius 1 is 1.29 bits per heavy atom. The third kappa shape index (κ3) is 3.07. The lowest BCUT2D eigenvalue weighted by Crippen LogP contribution is -2.45. The number of esters is 1. The lowest BCUT2D eigenvalue weighted by Gasteiger charge is -2.33. The number of ether oxygens (including phenoxy) is 1. The Bertz CT molecular complexity index is 377. The highest BCUT2D eigenvalue weighted by molar-refractivity contribution is 5.89. The predicted octanol–water partition coefficient (Wildman–Crippen LogP) is 2.23. The standard InChI is InChI=1S/C14H19NO2/c1-10-9-15-11(2)8-13(10)17-14(16)12-6-4-3-5-7-12/h3-7,10-11,13,15H,8-9H2,1-2H3/t10-,11+,13-/m0/s1. The first-order valence-corrected chi connectivity index (χ1v) is 6.16. The molecule has 1 N–H and O–H groups in total. The lowest BCUT2D eigenvalue weighted by molar-refractivity contribution is 0.00287. The Kier molecular flexibility index (Phi) is 3.79. The summed E-state index contributed by atoms with van der Waals surface area (Å²) in [5.41, 5.74) is 0.630. The third-order valence-corrected chi connectivity index (χ3v) is 3.28. The summed E-state index contributed by atoms with van der Waals surface area (Å²) in [5.74, 6) is 0.162. The molecular formula is C14H19NO2. The van der Waals surface area contributed by atoms with Gasteiger partial charge >= 0.3 is 5.97 Å². The SMILES string of the molecule is C[C@@H]1C[C@H](OC(=O)c2ccccc2)[C@@H](C)CN1. The van der Waals surface area contributed by atoms with Crippen LogP contribution in [0.1, 0.15) is 30.6 Å². The molecule has 92 valence electrons. The first-order chi connectivity index (χ1) is 8.16. The number of carbonyl (C=O) groups is 1. The van der Waals surface area contributed by atoms with E-state index in [2.05, 4.69) is 19.2 Å². The monoisotopic (exact) mass is 233 g/mol. The van der Waals surface area contributed by atoms with Crippen molar-refractivity contribution in [3.05, 3.63) is 35.9 Å². The lowest BCUT2D eigenvalue weighted by atomic mass is 9.93. The van der Waals surface area contributed by atoms with E-state index in [-0.39, 0.29) is 12.1 Å². The number of carbonyl (C=O) groups excluding carboxylic acids is 1. The number of rotatable bonds is 2. The molecule has 1 aliphatic rings. The zero-order chi connectivity index (χ0) is 12.3. The number of hydrogen-bond donors (Lipinski definition) is 1. The van der Waals surface area contributed by atoms with Gasteiger partial charge in [0.2, 0.25) is 0 Å². The maximum Gasteiger partial charge on any atom is 0.338 e. The van der Waals surface area contributed by atoms with Gasteiger partial charge in [-0.3, -0.25) is 0 Å². The highest BCUT2D eigenvalue weighted by atomic mass is 16.5. The van der Waals surface area contributed by atoms with E-state index in [1.165, 1.54) is 0 Å². The van der Waals surface area contributed by atoms with E-state index in [1.54, 1.807) is 12.1 Å². The second kappa shape index (κ2) is 5.32. The van der Waals surface area contributed by atoms with Gasteiger partial charge in [-0.25, -0.2) is 4.79 Å². The molecule has 1 heterocycles. The number of hydrogen-bond acceptors (Lipinski definition) is 3. The van der Waals surface area contributed by atoms with Crippen LogP contribution in [0.3, 0.4) is 0 Å². The van der Waals surface area contributed by atoms with Gasteiger partial charge in [0.25, 0.3) is 0 Å². The molecule has 1 aliphatic heterocycles. The quantitative estimate of drug-likeness (QED) is 0.796. The minimum Gasteiger partial charge on any atom is -0.458 e. The smallest absolute Gasteiger partial charge is 0.338 e. The van der Waals surface area contributed by atoms with Crippen LogP contribution < -0.4 is 5.32 Å². The average molecular weight is 233 g/mol. The Morgan fingerprint density at radius 3 is 2.71 bits per heavy atom. The van der Waals surface area contributed by atoms with Crippen molar-refractivity contribution in [2.45, 2.75) is 32.4 Å². The molecule has 0 amide bonds. The first-order valence-electron chi connectivity index (χ1n) is 6.16. The van der Waals surface area contributed by atoms with Gasteiger partial charge in [-0.1, -0.05) is 25.1 Å². The first kappa shape index (κ1) is 12.1. The molecule has 0 unspecified atom stereocenters. The Labute approximate surface area is 102 Å². The van der Waals surface area contributed by atoms with Crippen LogP contribution in [-0.2, 0) is 4.74 Å². The van der Waals surface area contributed by atoms with Crippen LogP contribution in [0.4, 0.5) is 0 Å². The number of nitrogens with one attached hydrogen (secondary N) is 1. The summed E-state index contributed by atoms with van der Waals surface area (Å²) in [7, 11) is 0. The van der Waals surface area contributed by atoms with Crippen molar-refractivity contribution in [3.8, 4) is 0 Å². The average Bonchev–Trinajstić information content (AvgIpc) is 2.35. The molecule has 1 aromatic carbocycles. The van der Waals surface area contributed by atoms with Gasteiger partial charge in [0.1, 0.15) is 6.10 Å². The van der Waals surface area contributed by atoms with E-state index >= 15 is 0 Å². The Balaban J connectivity index is 1.98. The second-order valence-electron chi connectivity index (χ2n) is 4.83. The van der Waals surface area contributed by atoms with Crippen LogP contribution >= 0.6 is 0 Å². The summed E-state index contributed by atoms with van der Waals surface area (Å²) in [4.78, 5) is 11.9. The number of piperidine rings is 1. The molecular weight excluding hydrogens is 214 g/mol. The fraction of sp³-hybridized carbons (Fsp3) is 0.500. The minimum absolute atomic E-state index is 0.0268. The summed E-state index contributed by atoms with van der Waals surface area (Å²) in [6, 6.07) is 9.59. The molecule has 0 aliphatic carbocycles. The molecule has 3 heteroatoms. The molecule has 0 spiro atoms. The van der Waals surface area contributed by atoms with Crippen LogP contribution in [0.15, 0.2) is 30.3 Å². The fourth-order valence-electron chi connectivity index (χ4n) is 2.13. The van der Waals surface area contributed by atoms with Crippen molar-refractivity contribution in [2.75, 3.05) is 6.54 Å². The summed E-state index contributed by atoms with van der Waals surface area (Å²) in [6.07, 6.45) is 0.915. The van der Waals surface area contributed by atoms with E-state index in [9.17, 15) is 4.79 Å². The van der Waals surface area contributed by atoms with Crippen molar-refractivity contribution in [2.24, 2.45) is 5.92 Å². The highest BCUT2D eigenvalue weighted by Crippen LogP contribution is 2.19.